The molecule has 0 amide bonds. The SMILES string of the molecule is c1cc2c(cc1-c1ccc3[nH]ncc3c1)Oc1cc(-c3ccc4[nH]ncc4c3)ccc1N2CCN1C[C@H]2C[C@@H]1CO2. The van der Waals surface area contributed by atoms with Gasteiger partial charge in [0.05, 0.1) is 47.5 Å². The van der Waals surface area contributed by atoms with Crippen molar-refractivity contribution in [3.8, 4) is 33.8 Å². The third-order valence-corrected chi connectivity index (χ3v) is 8.89. The Hall–Kier alpha value is -4.66. The second kappa shape index (κ2) is 8.92. The fourth-order valence-electron chi connectivity index (χ4n) is 6.71. The fraction of sp³-hybridized carbons (Fsp3) is 0.212. The van der Waals surface area contributed by atoms with E-state index in [-0.39, 0.29) is 0 Å². The number of likely N-dealkylation sites (tertiary alicyclic amines) is 1. The van der Waals surface area contributed by atoms with Gasteiger partial charge in [-0.2, -0.15) is 10.2 Å². The molecule has 0 radical (unpaired) electrons. The van der Waals surface area contributed by atoms with E-state index in [0.717, 1.165) is 99.6 Å². The number of benzene rings is 4. The Kier molecular flexibility index (Phi) is 5.02. The van der Waals surface area contributed by atoms with E-state index in [0.29, 0.717) is 12.1 Å². The Labute approximate surface area is 236 Å². The summed E-state index contributed by atoms with van der Waals surface area (Å²) in [4.78, 5) is 5.01. The monoisotopic (exact) mass is 540 g/mol. The van der Waals surface area contributed by atoms with Crippen molar-refractivity contribution in [1.82, 2.24) is 25.3 Å². The molecule has 4 aromatic carbocycles. The van der Waals surface area contributed by atoms with Crippen molar-refractivity contribution in [2.45, 2.75) is 18.6 Å². The Bertz CT molecular complexity index is 1820. The van der Waals surface area contributed by atoms with Gasteiger partial charge in [0.25, 0.3) is 0 Å². The van der Waals surface area contributed by atoms with Crippen molar-refractivity contribution in [2.75, 3.05) is 31.1 Å². The number of fused-ring (bicyclic) bond motifs is 6. The smallest absolute Gasteiger partial charge is 0.151 e. The van der Waals surface area contributed by atoms with Gasteiger partial charge in [-0.1, -0.05) is 24.3 Å². The molecule has 2 aromatic heterocycles. The summed E-state index contributed by atoms with van der Waals surface area (Å²) in [6.45, 7) is 3.75. The maximum absolute atomic E-state index is 6.69. The molecule has 8 heteroatoms. The van der Waals surface area contributed by atoms with Crippen LogP contribution in [-0.2, 0) is 4.74 Å². The zero-order valence-electron chi connectivity index (χ0n) is 22.4. The van der Waals surface area contributed by atoms with Gasteiger partial charge in [-0.25, -0.2) is 0 Å². The number of H-pyrrole nitrogens is 2. The first-order chi connectivity index (χ1) is 20.2. The lowest BCUT2D eigenvalue weighted by Crippen LogP contribution is -2.41. The number of rotatable bonds is 5. The molecule has 0 aliphatic carbocycles. The lowest BCUT2D eigenvalue weighted by atomic mass is 10.0. The van der Waals surface area contributed by atoms with Crippen LogP contribution in [0.5, 0.6) is 11.5 Å². The number of hydrogen-bond acceptors (Lipinski definition) is 6. The Morgan fingerprint density at radius 2 is 1.29 bits per heavy atom. The third kappa shape index (κ3) is 3.83. The minimum atomic E-state index is 0.398. The highest BCUT2D eigenvalue weighted by Gasteiger charge is 2.39. The van der Waals surface area contributed by atoms with Crippen molar-refractivity contribution in [1.29, 1.82) is 0 Å². The van der Waals surface area contributed by atoms with E-state index in [9.17, 15) is 0 Å². The number of aromatic nitrogens is 4. The summed E-state index contributed by atoms with van der Waals surface area (Å²) < 4.78 is 12.5. The van der Waals surface area contributed by atoms with E-state index in [1.54, 1.807) is 0 Å². The summed E-state index contributed by atoms with van der Waals surface area (Å²) >= 11 is 0. The van der Waals surface area contributed by atoms with Gasteiger partial charge >= 0.3 is 0 Å². The number of anilines is 2. The highest BCUT2D eigenvalue weighted by atomic mass is 16.5. The molecule has 5 heterocycles. The van der Waals surface area contributed by atoms with Crippen LogP contribution >= 0.6 is 0 Å². The van der Waals surface area contributed by atoms with Gasteiger partial charge in [0.2, 0.25) is 0 Å². The van der Waals surface area contributed by atoms with Crippen LogP contribution in [0, 0.1) is 0 Å². The second-order valence-corrected chi connectivity index (χ2v) is 11.3. The first kappa shape index (κ1) is 23.1. The van der Waals surface area contributed by atoms with Crippen LogP contribution in [0.3, 0.4) is 0 Å². The maximum atomic E-state index is 6.69. The quantitative estimate of drug-likeness (QED) is 0.260. The Balaban J connectivity index is 1.10. The molecular weight excluding hydrogens is 512 g/mol. The van der Waals surface area contributed by atoms with Crippen LogP contribution in [0.15, 0.2) is 85.2 Å². The lowest BCUT2D eigenvalue weighted by Gasteiger charge is -2.35. The van der Waals surface area contributed by atoms with Crippen molar-refractivity contribution in [2.24, 2.45) is 0 Å². The summed E-state index contributed by atoms with van der Waals surface area (Å²) in [7, 11) is 0. The van der Waals surface area contributed by atoms with E-state index >= 15 is 0 Å². The number of hydrogen-bond donors (Lipinski definition) is 2. The largest absolute Gasteiger partial charge is 0.453 e. The summed E-state index contributed by atoms with van der Waals surface area (Å²) in [5.74, 6) is 1.74. The van der Waals surface area contributed by atoms with Crippen LogP contribution in [0.25, 0.3) is 44.1 Å². The number of ether oxygens (including phenoxy) is 2. The summed E-state index contributed by atoms with van der Waals surface area (Å²) in [5, 5.41) is 16.6. The minimum Gasteiger partial charge on any atom is -0.453 e. The van der Waals surface area contributed by atoms with Crippen molar-refractivity contribution in [3.63, 3.8) is 0 Å². The van der Waals surface area contributed by atoms with Gasteiger partial charge in [-0.05, 0) is 77.2 Å². The van der Waals surface area contributed by atoms with Gasteiger partial charge in [-0.15, -0.1) is 0 Å². The first-order valence-electron chi connectivity index (χ1n) is 14.2. The minimum absolute atomic E-state index is 0.398. The van der Waals surface area contributed by atoms with Gasteiger partial charge in [0.15, 0.2) is 11.5 Å². The molecule has 2 N–H and O–H groups in total. The molecular formula is C33H28N6O2. The molecule has 41 heavy (non-hydrogen) atoms. The molecule has 0 saturated carbocycles. The Morgan fingerprint density at radius 1 is 0.707 bits per heavy atom. The number of morpholine rings is 1. The van der Waals surface area contributed by atoms with Crippen molar-refractivity contribution >= 4 is 33.2 Å². The van der Waals surface area contributed by atoms with E-state index < -0.39 is 0 Å². The van der Waals surface area contributed by atoms with E-state index in [2.05, 4.69) is 103 Å². The van der Waals surface area contributed by atoms with Gasteiger partial charge in [0, 0.05) is 36.4 Å². The van der Waals surface area contributed by atoms with Crippen LogP contribution in [0.4, 0.5) is 11.4 Å². The van der Waals surface area contributed by atoms with E-state index in [4.69, 9.17) is 9.47 Å². The molecule has 2 fully saturated rings. The summed E-state index contributed by atoms with van der Waals surface area (Å²) in [5.41, 5.74) is 8.76. The Morgan fingerprint density at radius 3 is 1.85 bits per heavy atom. The van der Waals surface area contributed by atoms with Crippen LogP contribution in [0.1, 0.15) is 6.42 Å². The predicted molar refractivity (Wildman–Crippen MR) is 160 cm³/mol. The van der Waals surface area contributed by atoms with Crippen molar-refractivity contribution in [3.05, 3.63) is 85.2 Å². The highest BCUT2D eigenvalue weighted by molar-refractivity contribution is 5.88. The van der Waals surface area contributed by atoms with Crippen molar-refractivity contribution < 1.29 is 9.47 Å². The molecule has 2 saturated heterocycles. The fourth-order valence-corrected chi connectivity index (χ4v) is 6.71. The van der Waals surface area contributed by atoms with E-state index in [1.165, 1.54) is 0 Å². The summed E-state index contributed by atoms with van der Waals surface area (Å²) in [6, 6.07) is 26.4. The average molecular weight is 541 g/mol. The molecule has 3 aliphatic rings. The zero-order chi connectivity index (χ0) is 26.9. The van der Waals surface area contributed by atoms with Crippen LogP contribution in [-0.4, -0.2) is 63.7 Å². The normalized spacial score (nSPS) is 19.6. The molecule has 0 unspecified atom stereocenters. The van der Waals surface area contributed by atoms with E-state index in [1.807, 2.05) is 12.4 Å². The molecule has 2 atom stereocenters. The molecule has 2 bridgehead atoms. The molecule has 8 nitrogen and oxygen atoms in total. The number of nitrogens with one attached hydrogen (secondary N) is 2. The molecule has 6 aromatic rings. The predicted octanol–water partition coefficient (Wildman–Crippen LogP) is 6.49. The van der Waals surface area contributed by atoms with Crippen LogP contribution < -0.4 is 9.64 Å². The highest BCUT2D eigenvalue weighted by Crippen LogP contribution is 2.49. The standard InChI is InChI=1S/C33H28N6O2/c1-5-28-24(16-34-36-28)11-20(1)22-3-7-30-32(13-22)41-33-14-23(21-2-6-29-25(12-21)17-35-37-29)4-8-31(33)39(30)10-9-38-18-27-15-26(38)19-40-27/h1-8,11-14,16-17,26-27H,9-10,15,18-19H2,(H,34,36)(H,35,37)/t26-,27-/m1/s1. The number of aromatic amines is 2. The molecule has 202 valence electrons. The average Bonchev–Trinajstić information content (AvgIpc) is 3.83. The lowest BCUT2D eigenvalue weighted by molar-refractivity contribution is 0.0320. The van der Waals surface area contributed by atoms with Gasteiger partial charge in [0.1, 0.15) is 0 Å². The molecule has 9 rings (SSSR count). The second-order valence-electron chi connectivity index (χ2n) is 11.3. The third-order valence-electron chi connectivity index (χ3n) is 8.89. The molecule has 3 aliphatic heterocycles. The first-order valence-corrected chi connectivity index (χ1v) is 14.2. The van der Waals surface area contributed by atoms with Gasteiger partial charge < -0.3 is 14.4 Å². The molecule has 0 spiro atoms. The zero-order valence-corrected chi connectivity index (χ0v) is 22.4. The topological polar surface area (TPSA) is 82.3 Å². The number of nitrogens with zero attached hydrogens (tertiary/aromatic N) is 4. The summed E-state index contributed by atoms with van der Waals surface area (Å²) in [6.07, 6.45) is 5.29. The maximum Gasteiger partial charge on any atom is 0.151 e. The van der Waals surface area contributed by atoms with Gasteiger partial charge in [-0.3, -0.25) is 15.1 Å². The van der Waals surface area contributed by atoms with Crippen LogP contribution in [0.2, 0.25) is 0 Å².